The van der Waals surface area contributed by atoms with Crippen LogP contribution in [0.2, 0.25) is 0 Å². The van der Waals surface area contributed by atoms with Crippen LogP contribution in [-0.4, -0.2) is 96.7 Å². The fourth-order valence-electron chi connectivity index (χ4n) is 12.6. The molecule has 2 unspecified atom stereocenters. The molecule has 0 aromatic heterocycles. The molecule has 0 saturated carbocycles. The van der Waals surface area contributed by atoms with Crippen molar-refractivity contribution in [2.45, 2.75) is 451 Å². The van der Waals surface area contributed by atoms with Crippen LogP contribution in [0.15, 0.2) is 0 Å². The van der Waals surface area contributed by atoms with Gasteiger partial charge in [0.25, 0.3) is 0 Å². The number of rotatable bonds is 81. The van der Waals surface area contributed by atoms with Gasteiger partial charge >= 0.3 is 39.5 Å². The number of phosphoric acid groups is 2. The average Bonchev–Trinajstić information content (AvgIpc) is 0.918. The van der Waals surface area contributed by atoms with Crippen LogP contribution in [0.5, 0.6) is 0 Å². The number of carbonyl (C=O) groups excluding carboxylic acids is 4. The monoisotopic (exact) mass is 1470 g/mol. The summed E-state index contributed by atoms with van der Waals surface area (Å²) in [7, 11) is -9.91. The van der Waals surface area contributed by atoms with Gasteiger partial charge in [0, 0.05) is 25.7 Å². The highest BCUT2D eigenvalue weighted by Gasteiger charge is 2.30. The number of unbranched alkanes of at least 4 members (excludes halogenated alkanes) is 53. The second-order valence-electron chi connectivity index (χ2n) is 29.6. The third-order valence-electron chi connectivity index (χ3n) is 19.0. The zero-order valence-electron chi connectivity index (χ0n) is 65.3. The molecule has 0 amide bonds. The first-order valence-electron chi connectivity index (χ1n) is 42.1. The standard InChI is InChI=1S/C81H158O17P2/c1-6-9-12-15-17-19-21-23-25-27-29-30-32-34-36-38-43-47-51-56-61-67-81(86)98-77(71-92-79(84)65-60-55-50-46-42-37-35-33-31-28-26-24-22-20-18-16-13-10-7-2)73-96-100(89,90)94-69-75(82)68-93-99(87,88)95-72-76(70-91-78(83)64-59-53-14-11-8-3)97-80(85)66-62-57-52-48-44-40-39-41-45-49-54-58-63-74(4)5/h74-77,82H,6-73H2,1-5H3,(H,87,88)(H,89,90)/t75-,76+,77+/m0/s1. The molecule has 0 aliphatic heterocycles. The molecule has 0 aromatic carbocycles. The van der Waals surface area contributed by atoms with Crippen molar-refractivity contribution in [3.8, 4) is 0 Å². The Hall–Kier alpha value is -1.94. The summed E-state index contributed by atoms with van der Waals surface area (Å²) in [6.45, 7) is 7.24. The van der Waals surface area contributed by atoms with E-state index in [1.807, 2.05) is 0 Å². The van der Waals surface area contributed by atoms with E-state index in [2.05, 4.69) is 34.6 Å². The minimum Gasteiger partial charge on any atom is -0.462 e. The Labute approximate surface area is 613 Å². The van der Waals surface area contributed by atoms with Crippen molar-refractivity contribution in [2.24, 2.45) is 5.92 Å². The lowest BCUT2D eigenvalue weighted by Gasteiger charge is -2.21. The molecule has 0 saturated heterocycles. The normalized spacial score (nSPS) is 13.8. The molecule has 594 valence electrons. The van der Waals surface area contributed by atoms with Crippen molar-refractivity contribution in [1.29, 1.82) is 0 Å². The van der Waals surface area contributed by atoms with E-state index in [1.165, 1.54) is 250 Å². The molecule has 19 heteroatoms. The Morgan fingerprint density at radius 2 is 0.460 bits per heavy atom. The second-order valence-corrected chi connectivity index (χ2v) is 32.5. The number of phosphoric ester groups is 2. The molecule has 0 aliphatic rings. The molecule has 0 heterocycles. The summed E-state index contributed by atoms with van der Waals surface area (Å²) >= 11 is 0. The van der Waals surface area contributed by atoms with Gasteiger partial charge in [0.05, 0.1) is 26.4 Å². The van der Waals surface area contributed by atoms with Gasteiger partial charge in [-0.05, 0) is 31.6 Å². The third kappa shape index (κ3) is 74.3. The molecule has 5 atom stereocenters. The summed E-state index contributed by atoms with van der Waals surface area (Å²) in [5.41, 5.74) is 0. The summed E-state index contributed by atoms with van der Waals surface area (Å²) in [6, 6.07) is 0. The van der Waals surface area contributed by atoms with E-state index < -0.39 is 97.5 Å². The molecule has 0 fully saturated rings. The fraction of sp³-hybridized carbons (Fsp3) is 0.951. The first-order chi connectivity index (χ1) is 48.5. The van der Waals surface area contributed by atoms with E-state index in [4.69, 9.17) is 37.0 Å². The van der Waals surface area contributed by atoms with Crippen LogP contribution in [0.4, 0.5) is 0 Å². The molecule has 0 aliphatic carbocycles. The molecular weight excluding hydrogens is 1310 g/mol. The minimum absolute atomic E-state index is 0.106. The smallest absolute Gasteiger partial charge is 0.462 e. The van der Waals surface area contributed by atoms with Crippen molar-refractivity contribution in [2.75, 3.05) is 39.6 Å². The zero-order chi connectivity index (χ0) is 73.4. The number of aliphatic hydroxyl groups is 1. The van der Waals surface area contributed by atoms with Gasteiger partial charge in [0.15, 0.2) is 12.2 Å². The van der Waals surface area contributed by atoms with Gasteiger partial charge < -0.3 is 33.8 Å². The first kappa shape index (κ1) is 98.1. The van der Waals surface area contributed by atoms with Gasteiger partial charge in [-0.3, -0.25) is 37.3 Å². The van der Waals surface area contributed by atoms with E-state index in [-0.39, 0.29) is 25.7 Å². The van der Waals surface area contributed by atoms with Crippen LogP contribution in [0.1, 0.15) is 433 Å². The van der Waals surface area contributed by atoms with Crippen molar-refractivity contribution >= 4 is 39.5 Å². The molecular formula is C81H158O17P2. The van der Waals surface area contributed by atoms with Crippen molar-refractivity contribution in [1.82, 2.24) is 0 Å². The Kier molecular flexibility index (Phi) is 72.5. The maximum atomic E-state index is 13.1. The minimum atomic E-state index is -4.96. The Balaban J connectivity index is 5.11. The van der Waals surface area contributed by atoms with Gasteiger partial charge in [-0.15, -0.1) is 0 Å². The molecule has 0 aromatic rings. The number of esters is 4. The van der Waals surface area contributed by atoms with Gasteiger partial charge in [-0.25, -0.2) is 9.13 Å². The van der Waals surface area contributed by atoms with E-state index in [1.54, 1.807) is 0 Å². The maximum absolute atomic E-state index is 13.1. The lowest BCUT2D eigenvalue weighted by molar-refractivity contribution is -0.161. The lowest BCUT2D eigenvalue weighted by Crippen LogP contribution is -2.30. The third-order valence-corrected chi connectivity index (χ3v) is 20.9. The molecule has 17 nitrogen and oxygen atoms in total. The molecule has 100 heavy (non-hydrogen) atoms. The Morgan fingerprint density at radius 1 is 0.270 bits per heavy atom. The summed E-state index contributed by atoms with van der Waals surface area (Å²) in [6.07, 6.45) is 65.8. The maximum Gasteiger partial charge on any atom is 0.472 e. The van der Waals surface area contributed by atoms with Gasteiger partial charge in [-0.1, -0.05) is 381 Å². The molecule has 3 N–H and O–H groups in total. The lowest BCUT2D eigenvalue weighted by atomic mass is 10.0. The highest BCUT2D eigenvalue weighted by molar-refractivity contribution is 7.47. The number of hydrogen-bond donors (Lipinski definition) is 3. The number of aliphatic hydroxyl groups excluding tert-OH is 1. The van der Waals surface area contributed by atoms with E-state index in [9.17, 15) is 43.2 Å². The predicted octanol–water partition coefficient (Wildman–Crippen LogP) is 24.4. The van der Waals surface area contributed by atoms with Crippen molar-refractivity contribution < 1.29 is 80.2 Å². The zero-order valence-corrected chi connectivity index (χ0v) is 67.1. The molecule has 0 rings (SSSR count). The fourth-order valence-corrected chi connectivity index (χ4v) is 14.2. The highest BCUT2D eigenvalue weighted by Crippen LogP contribution is 2.45. The quantitative estimate of drug-likeness (QED) is 0.0222. The average molecular weight is 1470 g/mol. The van der Waals surface area contributed by atoms with Crippen LogP contribution in [-0.2, 0) is 65.4 Å². The van der Waals surface area contributed by atoms with Crippen molar-refractivity contribution in [3.63, 3.8) is 0 Å². The van der Waals surface area contributed by atoms with E-state index in [0.717, 1.165) is 102 Å². The Bertz CT molecular complexity index is 1910. The van der Waals surface area contributed by atoms with E-state index >= 15 is 0 Å². The van der Waals surface area contributed by atoms with Gasteiger partial charge in [0.2, 0.25) is 0 Å². The summed E-state index contributed by atoms with van der Waals surface area (Å²) in [4.78, 5) is 72.7. The molecule has 0 bridgehead atoms. The molecule has 0 spiro atoms. The van der Waals surface area contributed by atoms with E-state index in [0.29, 0.717) is 25.7 Å². The molecule has 0 radical (unpaired) electrons. The number of ether oxygens (including phenoxy) is 4. The first-order valence-corrected chi connectivity index (χ1v) is 45.1. The number of hydrogen-bond acceptors (Lipinski definition) is 15. The van der Waals surface area contributed by atoms with Crippen LogP contribution in [0.3, 0.4) is 0 Å². The highest BCUT2D eigenvalue weighted by atomic mass is 31.2. The van der Waals surface area contributed by atoms with Gasteiger partial charge in [0.1, 0.15) is 19.3 Å². The summed E-state index contributed by atoms with van der Waals surface area (Å²) in [5, 5.41) is 10.6. The van der Waals surface area contributed by atoms with Gasteiger partial charge in [-0.2, -0.15) is 0 Å². The SMILES string of the molecule is CCCCCCCCCCCCCCCCCCCCCCCC(=O)O[C@H](COC(=O)CCCCCCCCCCCCCCCCCCCCC)COP(=O)(O)OC[C@@H](O)COP(=O)(O)OC[C@@H](COC(=O)CCCCCCC)OC(=O)CCCCCCCCCCCCCCC(C)C. The van der Waals surface area contributed by atoms with Crippen LogP contribution >= 0.6 is 15.6 Å². The van der Waals surface area contributed by atoms with Crippen LogP contribution in [0, 0.1) is 5.92 Å². The second kappa shape index (κ2) is 73.9. The van der Waals surface area contributed by atoms with Crippen LogP contribution in [0.25, 0.3) is 0 Å². The summed E-state index contributed by atoms with van der Waals surface area (Å²) in [5.74, 6) is -1.34. The van der Waals surface area contributed by atoms with Crippen molar-refractivity contribution in [3.05, 3.63) is 0 Å². The number of carbonyl (C=O) groups is 4. The Morgan fingerprint density at radius 3 is 0.680 bits per heavy atom. The largest absolute Gasteiger partial charge is 0.472 e. The van der Waals surface area contributed by atoms with Crippen LogP contribution < -0.4 is 0 Å². The predicted molar refractivity (Wildman–Crippen MR) is 409 cm³/mol. The topological polar surface area (TPSA) is 237 Å². The summed E-state index contributed by atoms with van der Waals surface area (Å²) < 4.78 is 68.5.